The van der Waals surface area contributed by atoms with E-state index in [-0.39, 0.29) is 23.6 Å². The molecule has 0 unspecified atom stereocenters. The third kappa shape index (κ3) is 3.53. The second kappa shape index (κ2) is 5.48. The molecule has 0 bridgehead atoms. The first-order valence-corrected chi connectivity index (χ1v) is 6.35. The van der Waals surface area contributed by atoms with Crippen molar-refractivity contribution in [3.63, 3.8) is 0 Å². The third-order valence-corrected chi connectivity index (χ3v) is 3.55. The van der Waals surface area contributed by atoms with Gasteiger partial charge in [0.15, 0.2) is 0 Å². The number of hydrogen-bond acceptors (Lipinski definition) is 2. The van der Waals surface area contributed by atoms with Crippen molar-refractivity contribution in [1.29, 1.82) is 0 Å². The smallest absolute Gasteiger partial charge is 0.224 e. The van der Waals surface area contributed by atoms with E-state index in [1.807, 2.05) is 0 Å². The number of hydrogen-bond donors (Lipinski definition) is 2. The first-order valence-electron chi connectivity index (χ1n) is 6.35. The molecule has 2 rings (SSSR count). The van der Waals surface area contributed by atoms with Crippen LogP contribution in [0, 0.1) is 11.2 Å². The molecule has 0 aromatic heterocycles. The minimum Gasteiger partial charge on any atom is -0.355 e. The van der Waals surface area contributed by atoms with E-state index in [9.17, 15) is 9.18 Å². The molecule has 18 heavy (non-hydrogen) atoms. The zero-order valence-electron chi connectivity index (χ0n) is 10.4. The number of nitrogens with one attached hydrogen (secondary N) is 1. The maximum Gasteiger partial charge on any atom is 0.224 e. The zero-order chi connectivity index (χ0) is 13.0. The van der Waals surface area contributed by atoms with Gasteiger partial charge in [0, 0.05) is 6.54 Å². The monoisotopic (exact) mass is 250 g/mol. The van der Waals surface area contributed by atoms with Gasteiger partial charge >= 0.3 is 0 Å². The Balaban J connectivity index is 1.79. The van der Waals surface area contributed by atoms with Crippen LogP contribution in [0.2, 0.25) is 0 Å². The summed E-state index contributed by atoms with van der Waals surface area (Å²) in [5.74, 6) is -0.356. The lowest BCUT2D eigenvalue weighted by Crippen LogP contribution is -2.32. The standard InChI is InChI=1S/C14H19FN2O/c15-12-3-1-2-11(8-12)9-13(18)17-10-14(4-5-14)6-7-16/h1-3,8H,4-7,9-10,16H2,(H,17,18). The Morgan fingerprint density at radius 1 is 1.44 bits per heavy atom. The van der Waals surface area contributed by atoms with Gasteiger partial charge in [0.2, 0.25) is 5.91 Å². The lowest BCUT2D eigenvalue weighted by Gasteiger charge is -2.14. The molecule has 1 fully saturated rings. The lowest BCUT2D eigenvalue weighted by atomic mass is 10.0. The van der Waals surface area contributed by atoms with Gasteiger partial charge < -0.3 is 11.1 Å². The normalized spacial score (nSPS) is 16.3. The number of rotatable bonds is 6. The van der Waals surface area contributed by atoms with Gasteiger partial charge in [-0.3, -0.25) is 4.79 Å². The summed E-state index contributed by atoms with van der Waals surface area (Å²) < 4.78 is 13.0. The van der Waals surface area contributed by atoms with Crippen LogP contribution in [0.5, 0.6) is 0 Å². The van der Waals surface area contributed by atoms with Crippen molar-refractivity contribution < 1.29 is 9.18 Å². The van der Waals surface area contributed by atoms with Crippen LogP contribution in [0.15, 0.2) is 24.3 Å². The van der Waals surface area contributed by atoms with Gasteiger partial charge in [0.05, 0.1) is 6.42 Å². The molecular formula is C14H19FN2O. The zero-order valence-corrected chi connectivity index (χ0v) is 10.4. The lowest BCUT2D eigenvalue weighted by molar-refractivity contribution is -0.120. The summed E-state index contributed by atoms with van der Waals surface area (Å²) in [6, 6.07) is 6.15. The first kappa shape index (κ1) is 13.0. The van der Waals surface area contributed by atoms with Crippen molar-refractivity contribution in [3.8, 4) is 0 Å². The Kier molecular flexibility index (Phi) is 3.97. The SMILES string of the molecule is NCCC1(CNC(=O)Cc2cccc(F)c2)CC1. The molecule has 98 valence electrons. The molecule has 0 aliphatic heterocycles. The second-order valence-corrected chi connectivity index (χ2v) is 5.12. The van der Waals surface area contributed by atoms with Crippen molar-refractivity contribution in [1.82, 2.24) is 5.32 Å². The summed E-state index contributed by atoms with van der Waals surface area (Å²) in [6.45, 7) is 1.36. The van der Waals surface area contributed by atoms with Gasteiger partial charge in [-0.1, -0.05) is 12.1 Å². The van der Waals surface area contributed by atoms with E-state index in [1.165, 1.54) is 12.1 Å². The average Bonchev–Trinajstić information content (AvgIpc) is 3.08. The predicted octanol–water partition coefficient (Wildman–Crippen LogP) is 1.61. The number of carbonyl (C=O) groups excluding carboxylic acids is 1. The van der Waals surface area contributed by atoms with Crippen molar-refractivity contribution in [2.24, 2.45) is 11.1 Å². The van der Waals surface area contributed by atoms with E-state index in [1.54, 1.807) is 12.1 Å². The number of nitrogens with two attached hydrogens (primary N) is 1. The van der Waals surface area contributed by atoms with Crippen LogP contribution in [0.25, 0.3) is 0 Å². The van der Waals surface area contributed by atoms with Crippen molar-refractivity contribution in [2.75, 3.05) is 13.1 Å². The molecular weight excluding hydrogens is 231 g/mol. The van der Waals surface area contributed by atoms with Gasteiger partial charge in [-0.2, -0.15) is 0 Å². The van der Waals surface area contributed by atoms with E-state index < -0.39 is 0 Å². The Hall–Kier alpha value is -1.42. The first-order chi connectivity index (χ1) is 8.63. The van der Waals surface area contributed by atoms with Crippen LogP contribution in [-0.2, 0) is 11.2 Å². The van der Waals surface area contributed by atoms with Crippen LogP contribution in [-0.4, -0.2) is 19.0 Å². The molecule has 1 aromatic carbocycles. The Labute approximate surface area is 107 Å². The molecule has 3 nitrogen and oxygen atoms in total. The van der Waals surface area contributed by atoms with Crippen LogP contribution in [0.1, 0.15) is 24.8 Å². The molecule has 0 radical (unpaired) electrons. The highest BCUT2D eigenvalue weighted by Gasteiger charge is 2.41. The Bertz CT molecular complexity index is 430. The highest BCUT2D eigenvalue weighted by Crippen LogP contribution is 2.47. The van der Waals surface area contributed by atoms with Crippen LogP contribution < -0.4 is 11.1 Å². The third-order valence-electron chi connectivity index (χ3n) is 3.55. The average molecular weight is 250 g/mol. The van der Waals surface area contributed by atoms with E-state index in [0.717, 1.165) is 19.3 Å². The molecule has 1 amide bonds. The topological polar surface area (TPSA) is 55.1 Å². The fourth-order valence-electron chi connectivity index (χ4n) is 2.18. The van der Waals surface area contributed by atoms with Gasteiger partial charge in [-0.15, -0.1) is 0 Å². The fraction of sp³-hybridized carbons (Fsp3) is 0.500. The molecule has 0 heterocycles. The molecule has 0 spiro atoms. The summed E-state index contributed by atoms with van der Waals surface area (Å²) in [5.41, 5.74) is 6.49. The van der Waals surface area contributed by atoms with Gasteiger partial charge in [-0.05, 0) is 48.9 Å². The minimum atomic E-state index is -0.304. The van der Waals surface area contributed by atoms with E-state index in [0.29, 0.717) is 18.7 Å². The van der Waals surface area contributed by atoms with Crippen LogP contribution in [0.4, 0.5) is 4.39 Å². The highest BCUT2D eigenvalue weighted by molar-refractivity contribution is 5.78. The molecule has 3 N–H and O–H groups in total. The number of amides is 1. The van der Waals surface area contributed by atoms with Gasteiger partial charge in [0.25, 0.3) is 0 Å². The summed E-state index contributed by atoms with van der Waals surface area (Å²) >= 11 is 0. The quantitative estimate of drug-likeness (QED) is 0.806. The molecule has 1 saturated carbocycles. The molecule has 1 aliphatic rings. The maximum absolute atomic E-state index is 13.0. The Morgan fingerprint density at radius 3 is 2.83 bits per heavy atom. The summed E-state index contributed by atoms with van der Waals surface area (Å²) in [7, 11) is 0. The van der Waals surface area contributed by atoms with E-state index in [2.05, 4.69) is 5.32 Å². The number of carbonyl (C=O) groups is 1. The van der Waals surface area contributed by atoms with E-state index >= 15 is 0 Å². The summed E-state index contributed by atoms with van der Waals surface area (Å²) in [5, 5.41) is 2.92. The number of benzene rings is 1. The van der Waals surface area contributed by atoms with Crippen molar-refractivity contribution in [2.45, 2.75) is 25.7 Å². The molecule has 4 heteroatoms. The van der Waals surface area contributed by atoms with Crippen LogP contribution in [0.3, 0.4) is 0 Å². The van der Waals surface area contributed by atoms with Crippen molar-refractivity contribution >= 4 is 5.91 Å². The largest absolute Gasteiger partial charge is 0.355 e. The van der Waals surface area contributed by atoms with Gasteiger partial charge in [0.1, 0.15) is 5.82 Å². The maximum atomic E-state index is 13.0. The summed E-state index contributed by atoms with van der Waals surface area (Å²) in [4.78, 5) is 11.7. The number of halogens is 1. The van der Waals surface area contributed by atoms with Crippen molar-refractivity contribution in [3.05, 3.63) is 35.6 Å². The highest BCUT2D eigenvalue weighted by atomic mass is 19.1. The van der Waals surface area contributed by atoms with Crippen LogP contribution >= 0.6 is 0 Å². The predicted molar refractivity (Wildman–Crippen MR) is 68.5 cm³/mol. The molecule has 1 aromatic rings. The molecule has 0 atom stereocenters. The fourth-order valence-corrected chi connectivity index (χ4v) is 2.18. The minimum absolute atomic E-state index is 0.0519. The van der Waals surface area contributed by atoms with Gasteiger partial charge in [-0.25, -0.2) is 4.39 Å². The van der Waals surface area contributed by atoms with E-state index in [4.69, 9.17) is 5.73 Å². The summed E-state index contributed by atoms with van der Waals surface area (Å²) in [6.07, 6.45) is 3.48. The molecule has 1 aliphatic carbocycles. The second-order valence-electron chi connectivity index (χ2n) is 5.12. The molecule has 0 saturated heterocycles. The Morgan fingerprint density at radius 2 is 2.22 bits per heavy atom.